The maximum atomic E-state index is 12.1. The predicted octanol–water partition coefficient (Wildman–Crippen LogP) is 3.47. The topological polar surface area (TPSA) is 98.0 Å². The lowest BCUT2D eigenvalue weighted by atomic mass is 10.00. The number of carbonyl (C=O) groups excluding carboxylic acids is 2. The Morgan fingerprint density at radius 1 is 1.17 bits per heavy atom. The number of thiazole rings is 2. The van der Waals surface area contributed by atoms with Crippen LogP contribution in [0.3, 0.4) is 0 Å². The first-order chi connectivity index (χ1) is 14.5. The van der Waals surface area contributed by atoms with Crippen LogP contribution in [-0.4, -0.2) is 28.3 Å². The molecule has 0 bridgehead atoms. The molecule has 0 atom stereocenters. The summed E-state index contributed by atoms with van der Waals surface area (Å²) in [4.78, 5) is 32.1. The number of nitrogens with zero attached hydrogens (tertiary/aromatic N) is 2. The number of hydrogen-bond donors (Lipinski definition) is 2. The van der Waals surface area contributed by atoms with Crippen LogP contribution in [0.1, 0.15) is 31.4 Å². The molecule has 0 fully saturated rings. The van der Waals surface area contributed by atoms with E-state index in [-0.39, 0.29) is 5.91 Å². The number of hydrogen-bond acceptors (Lipinski definition) is 6. The Labute approximate surface area is 180 Å². The van der Waals surface area contributed by atoms with Gasteiger partial charge in [0.05, 0.1) is 15.7 Å². The summed E-state index contributed by atoms with van der Waals surface area (Å²) in [6, 6.07) is 11.5. The summed E-state index contributed by atoms with van der Waals surface area (Å²) in [5, 5.41) is 4.99. The zero-order valence-corrected chi connectivity index (χ0v) is 17.3. The van der Waals surface area contributed by atoms with E-state index in [0.29, 0.717) is 29.2 Å². The second-order valence-corrected chi connectivity index (χ2v) is 8.19. The molecule has 3 N–H and O–H groups in total. The van der Waals surface area contributed by atoms with Crippen LogP contribution < -0.4 is 11.1 Å². The Morgan fingerprint density at radius 2 is 1.97 bits per heavy atom. The van der Waals surface area contributed by atoms with Crippen molar-refractivity contribution in [3.8, 4) is 23.5 Å². The van der Waals surface area contributed by atoms with Crippen molar-refractivity contribution in [2.45, 2.75) is 6.42 Å². The summed E-state index contributed by atoms with van der Waals surface area (Å²) in [7, 11) is 0. The normalized spacial score (nSPS) is 10.6. The maximum Gasteiger partial charge on any atom is 0.270 e. The third-order valence-electron chi connectivity index (χ3n) is 4.54. The van der Waals surface area contributed by atoms with Crippen molar-refractivity contribution in [3.05, 3.63) is 69.1 Å². The highest BCUT2D eigenvalue weighted by atomic mass is 32.1. The molecule has 0 saturated carbocycles. The maximum absolute atomic E-state index is 12.1. The van der Waals surface area contributed by atoms with Crippen LogP contribution in [0.5, 0.6) is 0 Å². The van der Waals surface area contributed by atoms with Crippen molar-refractivity contribution < 1.29 is 9.59 Å². The molecular formula is C22H16N4O2S2. The van der Waals surface area contributed by atoms with Gasteiger partial charge in [-0.25, -0.2) is 9.97 Å². The summed E-state index contributed by atoms with van der Waals surface area (Å²) in [5.41, 5.74) is 11.7. The minimum absolute atomic E-state index is 0.236. The first kappa shape index (κ1) is 19.8. The average Bonchev–Trinajstić information content (AvgIpc) is 3.43. The average molecular weight is 433 g/mol. The molecule has 30 heavy (non-hydrogen) atoms. The van der Waals surface area contributed by atoms with Gasteiger partial charge in [-0.1, -0.05) is 24.3 Å². The number of benzene rings is 2. The number of terminal acetylenes is 1. The molecule has 0 aliphatic rings. The highest BCUT2D eigenvalue weighted by molar-refractivity contribution is 7.17. The lowest BCUT2D eigenvalue weighted by Gasteiger charge is -2.08. The van der Waals surface area contributed by atoms with Gasteiger partial charge in [0.25, 0.3) is 5.91 Å². The Balaban J connectivity index is 1.45. The van der Waals surface area contributed by atoms with Gasteiger partial charge in [-0.15, -0.1) is 29.1 Å². The second-order valence-electron chi connectivity index (χ2n) is 6.47. The molecule has 6 nitrogen and oxygen atoms in total. The van der Waals surface area contributed by atoms with Gasteiger partial charge in [0.2, 0.25) is 5.91 Å². The molecule has 8 heteroatoms. The van der Waals surface area contributed by atoms with Crippen molar-refractivity contribution in [1.29, 1.82) is 0 Å². The monoisotopic (exact) mass is 432 g/mol. The van der Waals surface area contributed by atoms with Crippen LogP contribution >= 0.6 is 22.7 Å². The van der Waals surface area contributed by atoms with Gasteiger partial charge < -0.3 is 11.1 Å². The number of amides is 2. The molecule has 2 heterocycles. The van der Waals surface area contributed by atoms with Gasteiger partial charge in [0, 0.05) is 23.1 Å². The molecule has 4 aromatic rings. The van der Waals surface area contributed by atoms with E-state index >= 15 is 0 Å². The van der Waals surface area contributed by atoms with Crippen LogP contribution in [0, 0.1) is 12.3 Å². The summed E-state index contributed by atoms with van der Waals surface area (Å²) < 4.78 is 1.01. The third kappa shape index (κ3) is 4.08. The summed E-state index contributed by atoms with van der Waals surface area (Å²) >= 11 is 2.79. The number of primary amides is 1. The highest BCUT2D eigenvalue weighted by Gasteiger charge is 2.12. The zero-order chi connectivity index (χ0) is 21.1. The first-order valence-electron chi connectivity index (χ1n) is 9.02. The standard InChI is InChI=1S/C22H16N4O2S2/c1-2-19-26-18(11-29-19)22(28)24-8-7-13-3-5-14(6-4-13)16-9-15(21(23)27)10-17-20(16)30-12-25-17/h1,3-6,9-12H,7-8H2,(H2,23,27)(H,24,28). The van der Waals surface area contributed by atoms with Crippen molar-refractivity contribution in [3.63, 3.8) is 0 Å². The van der Waals surface area contributed by atoms with Crippen molar-refractivity contribution in [2.75, 3.05) is 6.54 Å². The minimum atomic E-state index is -0.479. The van der Waals surface area contributed by atoms with E-state index < -0.39 is 5.91 Å². The van der Waals surface area contributed by atoms with E-state index in [1.54, 1.807) is 23.0 Å². The number of rotatable bonds is 6. The van der Waals surface area contributed by atoms with Crippen LogP contribution in [0.2, 0.25) is 0 Å². The second kappa shape index (κ2) is 8.45. The Kier molecular flexibility index (Phi) is 5.57. The molecule has 0 unspecified atom stereocenters. The van der Waals surface area contributed by atoms with Crippen LogP contribution in [0.15, 0.2) is 47.3 Å². The smallest absolute Gasteiger partial charge is 0.270 e. The van der Waals surface area contributed by atoms with Crippen molar-refractivity contribution >= 4 is 44.7 Å². The lowest BCUT2D eigenvalue weighted by Crippen LogP contribution is -2.25. The first-order valence-corrected chi connectivity index (χ1v) is 10.8. The molecule has 0 spiro atoms. The molecule has 0 radical (unpaired) electrons. The Morgan fingerprint density at radius 3 is 2.67 bits per heavy atom. The van der Waals surface area contributed by atoms with Gasteiger partial charge >= 0.3 is 0 Å². The molecule has 0 saturated heterocycles. The number of nitrogens with one attached hydrogen (secondary N) is 1. The zero-order valence-electron chi connectivity index (χ0n) is 15.7. The quantitative estimate of drug-likeness (QED) is 0.456. The fourth-order valence-electron chi connectivity index (χ4n) is 3.03. The van der Waals surface area contributed by atoms with Crippen LogP contribution in [0.4, 0.5) is 0 Å². The van der Waals surface area contributed by atoms with Crippen LogP contribution in [-0.2, 0) is 6.42 Å². The molecule has 0 aliphatic carbocycles. The SMILES string of the molecule is C#Cc1nc(C(=O)NCCc2ccc(-c3cc(C(N)=O)cc4ncsc34)cc2)cs1. The molecule has 2 aromatic heterocycles. The molecule has 2 aromatic carbocycles. The highest BCUT2D eigenvalue weighted by Crippen LogP contribution is 2.32. The largest absolute Gasteiger partial charge is 0.366 e. The molecule has 4 rings (SSSR count). The van der Waals surface area contributed by atoms with E-state index in [1.165, 1.54) is 22.7 Å². The van der Waals surface area contributed by atoms with E-state index in [0.717, 1.165) is 26.9 Å². The molecule has 2 amide bonds. The van der Waals surface area contributed by atoms with Gasteiger partial charge in [0.15, 0.2) is 5.01 Å². The van der Waals surface area contributed by atoms with Crippen molar-refractivity contribution in [1.82, 2.24) is 15.3 Å². The van der Waals surface area contributed by atoms with E-state index in [9.17, 15) is 9.59 Å². The van der Waals surface area contributed by atoms with E-state index in [4.69, 9.17) is 12.2 Å². The van der Waals surface area contributed by atoms with E-state index in [2.05, 4.69) is 21.2 Å². The van der Waals surface area contributed by atoms with Gasteiger partial charge in [-0.05, 0) is 35.6 Å². The number of carbonyl (C=O) groups is 2. The molecule has 148 valence electrons. The predicted molar refractivity (Wildman–Crippen MR) is 120 cm³/mol. The van der Waals surface area contributed by atoms with Crippen molar-refractivity contribution in [2.24, 2.45) is 5.73 Å². The number of fused-ring (bicyclic) bond motifs is 1. The molecule has 0 aliphatic heterocycles. The fourth-order valence-corrected chi connectivity index (χ4v) is 4.44. The molecular weight excluding hydrogens is 416 g/mol. The van der Waals surface area contributed by atoms with Gasteiger partial charge in [-0.3, -0.25) is 9.59 Å². The summed E-state index contributed by atoms with van der Waals surface area (Å²) in [6.07, 6.45) is 5.96. The summed E-state index contributed by atoms with van der Waals surface area (Å²) in [6.45, 7) is 0.483. The Bertz CT molecular complexity index is 1280. The van der Waals surface area contributed by atoms with Gasteiger partial charge in [0.1, 0.15) is 5.69 Å². The number of nitrogens with two attached hydrogens (primary N) is 1. The minimum Gasteiger partial charge on any atom is -0.366 e. The summed E-state index contributed by atoms with van der Waals surface area (Å²) in [5.74, 6) is 1.71. The van der Waals surface area contributed by atoms with Gasteiger partial charge in [-0.2, -0.15) is 0 Å². The number of aromatic nitrogens is 2. The Hall–Kier alpha value is -3.54. The van der Waals surface area contributed by atoms with E-state index in [1.807, 2.05) is 24.3 Å². The van der Waals surface area contributed by atoms with Crippen LogP contribution in [0.25, 0.3) is 21.3 Å². The fraction of sp³-hybridized carbons (Fsp3) is 0.0909. The third-order valence-corrected chi connectivity index (χ3v) is 6.19. The lowest BCUT2D eigenvalue weighted by molar-refractivity contribution is 0.0948.